The van der Waals surface area contributed by atoms with Crippen LogP contribution in [0.1, 0.15) is 15.9 Å². The molecule has 0 spiro atoms. The third-order valence-corrected chi connectivity index (χ3v) is 2.61. The van der Waals surface area contributed by atoms with Crippen molar-refractivity contribution in [3.63, 3.8) is 0 Å². The first-order chi connectivity index (χ1) is 9.17. The summed E-state index contributed by atoms with van der Waals surface area (Å²) >= 11 is 0. The maximum Gasteiger partial charge on any atom is 0.293 e. The third-order valence-electron chi connectivity index (χ3n) is 2.61. The number of ether oxygens (including phenoxy) is 3. The Morgan fingerprint density at radius 2 is 2.00 bits per heavy atom. The number of rotatable bonds is 8. The molecule has 0 aromatic heterocycles. The predicted molar refractivity (Wildman–Crippen MR) is 66.7 cm³/mol. The molecule has 0 aliphatic carbocycles. The molecule has 0 fully saturated rings. The van der Waals surface area contributed by atoms with Crippen LogP contribution >= 0.6 is 0 Å². The molecule has 1 N–H and O–H groups in total. The van der Waals surface area contributed by atoms with E-state index in [2.05, 4.69) is 4.74 Å². The Labute approximate surface area is 110 Å². The van der Waals surface area contributed by atoms with Crippen LogP contribution in [0, 0.1) is 0 Å². The van der Waals surface area contributed by atoms with Gasteiger partial charge in [-0.1, -0.05) is 0 Å². The van der Waals surface area contributed by atoms with Gasteiger partial charge in [0.15, 0.2) is 11.5 Å². The minimum atomic E-state index is -0.926. The summed E-state index contributed by atoms with van der Waals surface area (Å²) in [5.74, 6) is 0.851. The van der Waals surface area contributed by atoms with E-state index in [4.69, 9.17) is 9.47 Å². The molecule has 0 bridgehead atoms. The first kappa shape index (κ1) is 15.0. The summed E-state index contributed by atoms with van der Waals surface area (Å²) in [6.07, 6.45) is -0.141. The quantitative estimate of drug-likeness (QED) is 0.695. The molecule has 104 valence electrons. The van der Waals surface area contributed by atoms with Gasteiger partial charge in [-0.3, -0.25) is 9.59 Å². The van der Waals surface area contributed by atoms with Gasteiger partial charge in [0, 0.05) is 17.5 Å². The fourth-order valence-corrected chi connectivity index (χ4v) is 1.77. The number of aldehydes is 1. The van der Waals surface area contributed by atoms with E-state index in [-0.39, 0.29) is 19.5 Å². The Kier molecular flexibility index (Phi) is 5.81. The molecular weight excluding hydrogens is 252 g/mol. The summed E-state index contributed by atoms with van der Waals surface area (Å²) in [6.45, 7) is 0.106. The average Bonchev–Trinajstić information content (AvgIpc) is 2.44. The molecule has 0 aliphatic rings. The van der Waals surface area contributed by atoms with Crippen molar-refractivity contribution in [1.29, 1.82) is 0 Å². The zero-order chi connectivity index (χ0) is 14.3. The summed E-state index contributed by atoms with van der Waals surface area (Å²) < 4.78 is 14.8. The molecular formula is C13H16O6. The maximum absolute atomic E-state index is 11.0. The van der Waals surface area contributed by atoms with Crippen LogP contribution in [-0.2, 0) is 16.0 Å². The van der Waals surface area contributed by atoms with Crippen molar-refractivity contribution in [2.24, 2.45) is 0 Å². The van der Waals surface area contributed by atoms with Gasteiger partial charge in [-0.2, -0.15) is 0 Å². The Balaban J connectivity index is 3.07. The van der Waals surface area contributed by atoms with Gasteiger partial charge in [0.1, 0.15) is 12.9 Å². The lowest BCUT2D eigenvalue weighted by molar-refractivity contribution is -0.131. The topological polar surface area (TPSA) is 82.1 Å². The summed E-state index contributed by atoms with van der Waals surface area (Å²) in [4.78, 5) is 21.1. The van der Waals surface area contributed by atoms with Gasteiger partial charge in [0.05, 0.1) is 20.3 Å². The third kappa shape index (κ3) is 3.69. The Morgan fingerprint density at radius 1 is 1.26 bits per heavy atom. The lowest BCUT2D eigenvalue weighted by atomic mass is 10.0. The van der Waals surface area contributed by atoms with E-state index < -0.39 is 6.10 Å². The SMILES string of the molecule is COc1ccc(C=O)c(C[C@H](O)COC=O)c1OC. The highest BCUT2D eigenvalue weighted by Gasteiger charge is 2.18. The van der Waals surface area contributed by atoms with E-state index in [1.54, 1.807) is 12.1 Å². The normalized spacial score (nSPS) is 11.5. The van der Waals surface area contributed by atoms with Crippen LogP contribution in [0.3, 0.4) is 0 Å². The van der Waals surface area contributed by atoms with Gasteiger partial charge in [-0.05, 0) is 12.1 Å². The molecule has 19 heavy (non-hydrogen) atoms. The highest BCUT2D eigenvalue weighted by Crippen LogP contribution is 2.33. The van der Waals surface area contributed by atoms with Crippen molar-refractivity contribution >= 4 is 12.8 Å². The average molecular weight is 268 g/mol. The zero-order valence-corrected chi connectivity index (χ0v) is 10.8. The lowest BCUT2D eigenvalue weighted by Crippen LogP contribution is -2.19. The number of carbonyl (C=O) groups excluding carboxylic acids is 2. The summed E-state index contributed by atoms with van der Waals surface area (Å²) in [6, 6.07) is 3.19. The molecule has 1 atom stereocenters. The number of hydrogen-bond donors (Lipinski definition) is 1. The van der Waals surface area contributed by atoms with Crippen molar-refractivity contribution in [2.75, 3.05) is 20.8 Å². The molecule has 6 heteroatoms. The number of benzene rings is 1. The summed E-state index contributed by atoms with van der Waals surface area (Å²) in [5.41, 5.74) is 0.904. The standard InChI is InChI=1S/C13H16O6/c1-17-12-4-3-9(6-14)11(13(12)18-2)5-10(16)7-19-8-15/h3-4,6,8,10,16H,5,7H2,1-2H3/t10-/m0/s1. The Hall–Kier alpha value is -2.08. The van der Waals surface area contributed by atoms with Gasteiger partial charge in [-0.15, -0.1) is 0 Å². The number of methoxy groups -OCH3 is 2. The fourth-order valence-electron chi connectivity index (χ4n) is 1.77. The second kappa shape index (κ2) is 7.38. The summed E-state index contributed by atoms with van der Waals surface area (Å²) in [5, 5.41) is 9.74. The van der Waals surface area contributed by atoms with Crippen molar-refractivity contribution in [2.45, 2.75) is 12.5 Å². The second-order valence-corrected chi connectivity index (χ2v) is 3.77. The minimum Gasteiger partial charge on any atom is -0.493 e. The van der Waals surface area contributed by atoms with Crippen LogP contribution < -0.4 is 9.47 Å². The molecule has 0 heterocycles. The number of hydrogen-bond acceptors (Lipinski definition) is 6. The Bertz CT molecular complexity index is 443. The van der Waals surface area contributed by atoms with Gasteiger partial charge >= 0.3 is 0 Å². The van der Waals surface area contributed by atoms with Crippen LogP contribution in [0.5, 0.6) is 11.5 Å². The van der Waals surface area contributed by atoms with Crippen LogP contribution in [0.15, 0.2) is 12.1 Å². The number of aliphatic hydroxyl groups excluding tert-OH is 1. The van der Waals surface area contributed by atoms with Gasteiger partial charge in [0.2, 0.25) is 0 Å². The van der Waals surface area contributed by atoms with E-state index in [0.717, 1.165) is 0 Å². The number of aliphatic hydroxyl groups is 1. The first-order valence-corrected chi connectivity index (χ1v) is 5.60. The molecule has 0 saturated heterocycles. The molecule has 1 aromatic carbocycles. The summed E-state index contributed by atoms with van der Waals surface area (Å²) in [7, 11) is 2.93. The van der Waals surface area contributed by atoms with E-state index in [9.17, 15) is 14.7 Å². The fraction of sp³-hybridized carbons (Fsp3) is 0.385. The highest BCUT2D eigenvalue weighted by molar-refractivity contribution is 5.80. The first-order valence-electron chi connectivity index (χ1n) is 5.60. The van der Waals surface area contributed by atoms with Crippen molar-refractivity contribution in [3.05, 3.63) is 23.3 Å². The van der Waals surface area contributed by atoms with E-state index in [1.807, 2.05) is 0 Å². The molecule has 0 unspecified atom stereocenters. The smallest absolute Gasteiger partial charge is 0.293 e. The molecule has 0 radical (unpaired) electrons. The van der Waals surface area contributed by atoms with Gasteiger partial charge in [0.25, 0.3) is 6.47 Å². The highest BCUT2D eigenvalue weighted by atomic mass is 16.5. The molecule has 0 aliphatic heterocycles. The maximum atomic E-state index is 11.0. The second-order valence-electron chi connectivity index (χ2n) is 3.77. The van der Waals surface area contributed by atoms with E-state index >= 15 is 0 Å². The van der Waals surface area contributed by atoms with E-state index in [0.29, 0.717) is 28.9 Å². The van der Waals surface area contributed by atoms with Crippen molar-refractivity contribution in [3.8, 4) is 11.5 Å². The zero-order valence-electron chi connectivity index (χ0n) is 10.8. The lowest BCUT2D eigenvalue weighted by Gasteiger charge is -2.16. The van der Waals surface area contributed by atoms with Crippen molar-refractivity contribution in [1.82, 2.24) is 0 Å². The predicted octanol–water partition coefficient (Wildman–Crippen LogP) is 0.593. The van der Waals surface area contributed by atoms with Crippen LogP contribution in [0.4, 0.5) is 0 Å². The van der Waals surface area contributed by atoms with Gasteiger partial charge < -0.3 is 19.3 Å². The largest absolute Gasteiger partial charge is 0.493 e. The van der Waals surface area contributed by atoms with Crippen LogP contribution in [-0.4, -0.2) is 44.8 Å². The Morgan fingerprint density at radius 3 is 2.53 bits per heavy atom. The molecule has 0 saturated carbocycles. The van der Waals surface area contributed by atoms with Crippen LogP contribution in [0.2, 0.25) is 0 Å². The molecule has 1 rings (SSSR count). The van der Waals surface area contributed by atoms with Gasteiger partial charge in [-0.25, -0.2) is 0 Å². The molecule has 1 aromatic rings. The number of carbonyl (C=O) groups is 2. The molecule has 0 amide bonds. The minimum absolute atomic E-state index is 0.113. The van der Waals surface area contributed by atoms with E-state index in [1.165, 1.54) is 14.2 Å². The van der Waals surface area contributed by atoms with Crippen LogP contribution in [0.25, 0.3) is 0 Å². The van der Waals surface area contributed by atoms with Crippen molar-refractivity contribution < 1.29 is 28.9 Å². The monoisotopic (exact) mass is 268 g/mol. The molecule has 6 nitrogen and oxygen atoms in total.